The Labute approximate surface area is 186 Å². The molecule has 2 aromatic carbocycles. The fourth-order valence-electron chi connectivity index (χ4n) is 3.59. The first-order valence-electron chi connectivity index (χ1n) is 10.7. The first-order chi connectivity index (χ1) is 14.6. The van der Waals surface area contributed by atoms with E-state index in [2.05, 4.69) is 11.4 Å². The molecule has 0 heterocycles. The maximum atomic E-state index is 13.3. The second-order valence-electron chi connectivity index (χ2n) is 7.72. The summed E-state index contributed by atoms with van der Waals surface area (Å²) < 4.78 is 32.0. The molecule has 0 aliphatic carbocycles. The number of nitrogens with zero attached hydrogens (tertiary/aromatic N) is 1. The van der Waals surface area contributed by atoms with E-state index in [0.29, 0.717) is 30.9 Å². The molecular weight excluding hydrogens is 412 g/mol. The van der Waals surface area contributed by atoms with Crippen molar-refractivity contribution in [3.8, 4) is 5.75 Å². The van der Waals surface area contributed by atoms with Crippen molar-refractivity contribution in [1.82, 2.24) is 5.32 Å². The SMILES string of the molecule is CCOc1ccc(N(C(CC)C(=O)NC(CC)c2ccc(C)c(C)c2)S(C)(=O)=O)cc1. The average Bonchev–Trinajstić information content (AvgIpc) is 2.72. The highest BCUT2D eigenvalue weighted by atomic mass is 32.2. The molecule has 2 atom stereocenters. The van der Waals surface area contributed by atoms with E-state index in [0.717, 1.165) is 17.4 Å². The Bertz CT molecular complexity index is 987. The molecule has 0 bridgehead atoms. The van der Waals surface area contributed by atoms with Crippen molar-refractivity contribution in [3.05, 3.63) is 59.2 Å². The highest BCUT2D eigenvalue weighted by Gasteiger charge is 2.32. The number of anilines is 1. The smallest absolute Gasteiger partial charge is 0.244 e. The van der Waals surface area contributed by atoms with Crippen LogP contribution in [0.5, 0.6) is 5.75 Å². The predicted molar refractivity (Wildman–Crippen MR) is 126 cm³/mol. The minimum atomic E-state index is -3.69. The molecule has 2 unspecified atom stereocenters. The summed E-state index contributed by atoms with van der Waals surface area (Å²) in [6, 6.07) is 11.8. The van der Waals surface area contributed by atoms with E-state index in [1.54, 1.807) is 24.3 Å². The van der Waals surface area contributed by atoms with Crippen molar-refractivity contribution in [3.63, 3.8) is 0 Å². The van der Waals surface area contributed by atoms with Crippen LogP contribution in [0.3, 0.4) is 0 Å². The van der Waals surface area contributed by atoms with Gasteiger partial charge in [-0.1, -0.05) is 32.0 Å². The Balaban J connectivity index is 2.33. The van der Waals surface area contributed by atoms with Crippen LogP contribution in [0.1, 0.15) is 56.3 Å². The fraction of sp³-hybridized carbons (Fsp3) is 0.458. The fourth-order valence-corrected chi connectivity index (χ4v) is 4.80. The molecule has 0 aliphatic heterocycles. The Morgan fingerprint density at radius 1 is 1.00 bits per heavy atom. The lowest BCUT2D eigenvalue weighted by Gasteiger charge is -2.31. The van der Waals surface area contributed by atoms with E-state index in [4.69, 9.17) is 4.74 Å². The number of carbonyl (C=O) groups is 1. The molecule has 0 saturated heterocycles. The highest BCUT2D eigenvalue weighted by molar-refractivity contribution is 7.92. The van der Waals surface area contributed by atoms with E-state index in [9.17, 15) is 13.2 Å². The predicted octanol–water partition coefficient (Wildman–Crippen LogP) is 4.51. The van der Waals surface area contributed by atoms with Crippen molar-refractivity contribution in [2.75, 3.05) is 17.2 Å². The molecular formula is C24H34N2O4S. The molecule has 0 radical (unpaired) electrons. The van der Waals surface area contributed by atoms with Crippen LogP contribution in [-0.4, -0.2) is 33.2 Å². The lowest BCUT2D eigenvalue weighted by molar-refractivity contribution is -0.123. The molecule has 2 aromatic rings. The maximum absolute atomic E-state index is 13.3. The lowest BCUT2D eigenvalue weighted by Crippen LogP contribution is -2.50. The largest absolute Gasteiger partial charge is 0.494 e. The molecule has 6 nitrogen and oxygen atoms in total. The molecule has 0 spiro atoms. The third-order valence-corrected chi connectivity index (χ3v) is 6.57. The molecule has 1 amide bonds. The second-order valence-corrected chi connectivity index (χ2v) is 9.58. The van der Waals surface area contributed by atoms with Gasteiger partial charge in [0.05, 0.1) is 24.6 Å². The minimum Gasteiger partial charge on any atom is -0.494 e. The summed E-state index contributed by atoms with van der Waals surface area (Å²) in [6.07, 6.45) is 2.17. The summed E-state index contributed by atoms with van der Waals surface area (Å²) in [4.78, 5) is 13.3. The summed E-state index contributed by atoms with van der Waals surface area (Å²) in [6.45, 7) is 10.3. The van der Waals surface area contributed by atoms with E-state index in [-0.39, 0.29) is 11.9 Å². The van der Waals surface area contributed by atoms with Gasteiger partial charge in [0.1, 0.15) is 11.8 Å². The zero-order valence-electron chi connectivity index (χ0n) is 19.3. The van der Waals surface area contributed by atoms with Crippen LogP contribution in [0.2, 0.25) is 0 Å². The van der Waals surface area contributed by atoms with Crippen LogP contribution >= 0.6 is 0 Å². The van der Waals surface area contributed by atoms with Crippen molar-refractivity contribution < 1.29 is 17.9 Å². The Morgan fingerprint density at radius 3 is 2.13 bits per heavy atom. The molecule has 2 rings (SSSR count). The highest BCUT2D eigenvalue weighted by Crippen LogP contribution is 2.26. The topological polar surface area (TPSA) is 75.7 Å². The van der Waals surface area contributed by atoms with Gasteiger partial charge >= 0.3 is 0 Å². The van der Waals surface area contributed by atoms with Gasteiger partial charge in [0.25, 0.3) is 0 Å². The van der Waals surface area contributed by atoms with Crippen LogP contribution in [0, 0.1) is 13.8 Å². The van der Waals surface area contributed by atoms with Gasteiger partial charge in [-0.05, 0) is 74.6 Å². The van der Waals surface area contributed by atoms with Crippen LogP contribution < -0.4 is 14.4 Å². The molecule has 31 heavy (non-hydrogen) atoms. The molecule has 1 N–H and O–H groups in total. The molecule has 0 aliphatic rings. The quantitative estimate of drug-likeness (QED) is 0.582. The van der Waals surface area contributed by atoms with Gasteiger partial charge in [-0.25, -0.2) is 8.42 Å². The van der Waals surface area contributed by atoms with E-state index < -0.39 is 16.1 Å². The maximum Gasteiger partial charge on any atom is 0.244 e. The van der Waals surface area contributed by atoms with Crippen molar-refractivity contribution >= 4 is 21.6 Å². The summed E-state index contributed by atoms with van der Waals surface area (Å²) >= 11 is 0. The third-order valence-electron chi connectivity index (χ3n) is 5.39. The van der Waals surface area contributed by atoms with Gasteiger partial charge in [0, 0.05) is 0 Å². The number of ether oxygens (including phenoxy) is 1. The first kappa shape index (κ1) is 24.7. The zero-order valence-corrected chi connectivity index (χ0v) is 20.1. The van der Waals surface area contributed by atoms with Crippen LogP contribution in [0.25, 0.3) is 0 Å². The van der Waals surface area contributed by atoms with E-state index >= 15 is 0 Å². The number of benzene rings is 2. The van der Waals surface area contributed by atoms with Crippen LogP contribution in [-0.2, 0) is 14.8 Å². The number of carbonyl (C=O) groups excluding carboxylic acids is 1. The third kappa shape index (κ3) is 6.23. The van der Waals surface area contributed by atoms with Crippen molar-refractivity contribution in [2.24, 2.45) is 0 Å². The Morgan fingerprint density at radius 2 is 1.65 bits per heavy atom. The number of hydrogen-bond acceptors (Lipinski definition) is 4. The Kier molecular flexibility index (Phi) is 8.51. The number of amides is 1. The standard InChI is InChI=1S/C24H34N2O4S/c1-7-22(19-11-10-17(4)18(5)16-19)25-24(27)23(8-2)26(31(6,28)29)20-12-14-21(15-13-20)30-9-3/h10-16,22-23H,7-9H2,1-6H3,(H,25,27). The van der Waals surface area contributed by atoms with Gasteiger partial charge in [-0.2, -0.15) is 0 Å². The average molecular weight is 447 g/mol. The summed E-state index contributed by atoms with van der Waals surface area (Å²) in [5.74, 6) is 0.338. The number of hydrogen-bond donors (Lipinski definition) is 1. The normalized spacial score (nSPS) is 13.4. The van der Waals surface area contributed by atoms with Gasteiger partial charge in [-0.15, -0.1) is 0 Å². The second kappa shape index (κ2) is 10.7. The Hall–Kier alpha value is -2.54. The summed E-state index contributed by atoms with van der Waals surface area (Å²) in [5, 5.41) is 3.06. The number of rotatable bonds is 10. The molecule has 7 heteroatoms. The molecule has 170 valence electrons. The van der Waals surface area contributed by atoms with Crippen LogP contribution in [0.15, 0.2) is 42.5 Å². The molecule has 0 aromatic heterocycles. The van der Waals surface area contributed by atoms with Gasteiger partial charge < -0.3 is 10.1 Å². The van der Waals surface area contributed by atoms with E-state index in [1.165, 1.54) is 9.87 Å². The summed E-state index contributed by atoms with van der Waals surface area (Å²) in [7, 11) is -3.69. The monoisotopic (exact) mass is 446 g/mol. The van der Waals surface area contributed by atoms with Gasteiger partial charge in [-0.3, -0.25) is 9.10 Å². The van der Waals surface area contributed by atoms with E-state index in [1.807, 2.05) is 46.8 Å². The van der Waals surface area contributed by atoms with Crippen molar-refractivity contribution in [2.45, 2.75) is 59.5 Å². The van der Waals surface area contributed by atoms with Gasteiger partial charge in [0.15, 0.2) is 0 Å². The zero-order chi connectivity index (χ0) is 23.2. The molecule has 0 fully saturated rings. The number of sulfonamides is 1. The number of aryl methyl sites for hydroxylation is 2. The summed E-state index contributed by atoms with van der Waals surface area (Å²) in [5.41, 5.74) is 3.80. The molecule has 0 saturated carbocycles. The minimum absolute atomic E-state index is 0.192. The van der Waals surface area contributed by atoms with Crippen molar-refractivity contribution in [1.29, 1.82) is 0 Å². The lowest BCUT2D eigenvalue weighted by atomic mass is 9.99. The first-order valence-corrected chi connectivity index (χ1v) is 12.6. The number of nitrogens with one attached hydrogen (secondary N) is 1. The van der Waals surface area contributed by atoms with Crippen LogP contribution in [0.4, 0.5) is 5.69 Å². The van der Waals surface area contributed by atoms with Gasteiger partial charge in [0.2, 0.25) is 15.9 Å².